The van der Waals surface area contributed by atoms with Crippen molar-refractivity contribution in [3.63, 3.8) is 0 Å². The van der Waals surface area contributed by atoms with E-state index in [1.165, 1.54) is 11.8 Å². The number of hydrogen-bond donors (Lipinski definition) is 1. The van der Waals surface area contributed by atoms with E-state index in [0.29, 0.717) is 5.95 Å². The van der Waals surface area contributed by atoms with Crippen LogP contribution in [0.3, 0.4) is 0 Å². The van der Waals surface area contributed by atoms with Crippen LogP contribution < -0.4 is 5.32 Å². The normalized spacial score (nSPS) is 10.5. The minimum atomic E-state index is 0.654. The third-order valence-electron chi connectivity index (χ3n) is 1.95. The van der Waals surface area contributed by atoms with Crippen LogP contribution in [0.25, 0.3) is 0 Å². The van der Waals surface area contributed by atoms with Gasteiger partial charge in [-0.3, -0.25) is 0 Å². The summed E-state index contributed by atoms with van der Waals surface area (Å²) in [5.41, 5.74) is 1.05. The van der Waals surface area contributed by atoms with Gasteiger partial charge in [0.2, 0.25) is 5.95 Å². The second-order valence-corrected chi connectivity index (χ2v) is 5.82. The van der Waals surface area contributed by atoms with E-state index in [-0.39, 0.29) is 0 Å². The Morgan fingerprint density at radius 3 is 2.82 bits per heavy atom. The molecule has 0 unspecified atom stereocenters. The van der Waals surface area contributed by atoms with Gasteiger partial charge >= 0.3 is 0 Å². The van der Waals surface area contributed by atoms with Crippen molar-refractivity contribution in [1.82, 2.24) is 20.2 Å². The van der Waals surface area contributed by atoms with Crippen LogP contribution in [0.15, 0.2) is 15.6 Å². The van der Waals surface area contributed by atoms with Crippen molar-refractivity contribution in [1.29, 1.82) is 0 Å². The largest absolute Gasteiger partial charge is 0.354 e. The van der Waals surface area contributed by atoms with E-state index in [0.717, 1.165) is 26.5 Å². The molecular formula is C10H13N5S2. The van der Waals surface area contributed by atoms with Crippen LogP contribution in [-0.2, 0) is 0 Å². The maximum atomic E-state index is 4.45. The number of nitrogens with zero attached hydrogens (tertiary/aromatic N) is 4. The second-order valence-electron chi connectivity index (χ2n) is 3.40. The highest BCUT2D eigenvalue weighted by Gasteiger charge is 2.08. The lowest BCUT2D eigenvalue weighted by Crippen LogP contribution is -2.03. The average Bonchev–Trinajstić information content (AvgIpc) is 2.69. The van der Waals surface area contributed by atoms with Crippen molar-refractivity contribution < 1.29 is 0 Å². The van der Waals surface area contributed by atoms with Crippen molar-refractivity contribution in [3.8, 4) is 0 Å². The van der Waals surface area contributed by atoms with Gasteiger partial charge in [0.15, 0.2) is 4.34 Å². The Morgan fingerprint density at radius 2 is 2.18 bits per heavy atom. The van der Waals surface area contributed by atoms with E-state index in [1.807, 2.05) is 27.0 Å². The summed E-state index contributed by atoms with van der Waals surface area (Å²) in [6, 6.07) is 0. The number of anilines is 1. The fraction of sp³-hybridized carbons (Fsp3) is 0.400. The predicted octanol–water partition coefficient (Wildman–Crippen LogP) is 2.53. The maximum absolute atomic E-state index is 4.45. The predicted molar refractivity (Wildman–Crippen MR) is 69.7 cm³/mol. The molecule has 0 aliphatic rings. The summed E-state index contributed by atoms with van der Waals surface area (Å²) < 4.78 is 0.909. The van der Waals surface area contributed by atoms with Crippen molar-refractivity contribution in [2.24, 2.45) is 0 Å². The first kappa shape index (κ1) is 12.3. The monoisotopic (exact) mass is 267 g/mol. The van der Waals surface area contributed by atoms with Crippen molar-refractivity contribution in [2.75, 3.05) is 11.9 Å². The molecule has 0 fully saturated rings. The van der Waals surface area contributed by atoms with Gasteiger partial charge in [-0.05, 0) is 32.5 Å². The molecule has 0 atom stereocenters. The molecule has 0 aromatic carbocycles. The molecule has 2 aromatic heterocycles. The van der Waals surface area contributed by atoms with Crippen LogP contribution in [0.5, 0.6) is 0 Å². The Morgan fingerprint density at radius 1 is 1.35 bits per heavy atom. The van der Waals surface area contributed by atoms with Gasteiger partial charge in [0.25, 0.3) is 0 Å². The van der Waals surface area contributed by atoms with Gasteiger partial charge in [0.1, 0.15) is 10.0 Å². The Bertz CT molecular complexity index is 511. The second kappa shape index (κ2) is 5.42. The highest BCUT2D eigenvalue weighted by molar-refractivity contribution is 8.01. The summed E-state index contributed by atoms with van der Waals surface area (Å²) in [6.45, 7) is 6.76. The Kier molecular flexibility index (Phi) is 3.90. The molecule has 1 N–H and O–H groups in total. The summed E-state index contributed by atoms with van der Waals surface area (Å²) in [4.78, 5) is 8.65. The van der Waals surface area contributed by atoms with Gasteiger partial charge < -0.3 is 5.32 Å². The standard InChI is InChI=1S/C10H13N5S2/c1-4-11-9-12-5-6(2)8(13-9)17-10-15-14-7(3)16-10/h5H,4H2,1-3H3,(H,11,12,13). The lowest BCUT2D eigenvalue weighted by Gasteiger charge is -2.05. The van der Waals surface area contributed by atoms with Gasteiger partial charge in [-0.2, -0.15) is 0 Å². The molecule has 0 aliphatic heterocycles. The smallest absolute Gasteiger partial charge is 0.223 e. The fourth-order valence-electron chi connectivity index (χ4n) is 1.18. The summed E-state index contributed by atoms with van der Waals surface area (Å²) in [5, 5.41) is 13.1. The highest BCUT2D eigenvalue weighted by atomic mass is 32.2. The topological polar surface area (TPSA) is 63.6 Å². The van der Waals surface area contributed by atoms with Gasteiger partial charge in [-0.25, -0.2) is 9.97 Å². The Balaban J connectivity index is 2.22. The quantitative estimate of drug-likeness (QED) is 0.859. The molecule has 0 amide bonds. The zero-order chi connectivity index (χ0) is 12.3. The SMILES string of the molecule is CCNc1ncc(C)c(Sc2nnc(C)s2)n1. The zero-order valence-corrected chi connectivity index (χ0v) is 11.5. The number of rotatable bonds is 4. The summed E-state index contributed by atoms with van der Waals surface area (Å²) in [6.07, 6.45) is 1.82. The highest BCUT2D eigenvalue weighted by Crippen LogP contribution is 2.30. The minimum absolute atomic E-state index is 0.654. The van der Waals surface area contributed by atoms with E-state index in [2.05, 4.69) is 25.5 Å². The molecule has 0 saturated carbocycles. The van der Waals surface area contributed by atoms with E-state index in [9.17, 15) is 0 Å². The van der Waals surface area contributed by atoms with E-state index in [1.54, 1.807) is 11.3 Å². The summed E-state index contributed by atoms with van der Waals surface area (Å²) in [7, 11) is 0. The molecule has 0 saturated heterocycles. The van der Waals surface area contributed by atoms with Crippen LogP contribution in [-0.4, -0.2) is 26.7 Å². The van der Waals surface area contributed by atoms with Crippen LogP contribution >= 0.6 is 23.1 Å². The minimum Gasteiger partial charge on any atom is -0.354 e. The molecule has 0 aliphatic carbocycles. The third kappa shape index (κ3) is 3.13. The summed E-state index contributed by atoms with van der Waals surface area (Å²) in [5.74, 6) is 0.654. The molecule has 2 aromatic rings. The van der Waals surface area contributed by atoms with Crippen LogP contribution in [0.4, 0.5) is 5.95 Å². The number of aromatic nitrogens is 4. The van der Waals surface area contributed by atoms with E-state index >= 15 is 0 Å². The zero-order valence-electron chi connectivity index (χ0n) is 9.89. The van der Waals surface area contributed by atoms with Gasteiger partial charge in [0.05, 0.1) is 0 Å². The average molecular weight is 267 g/mol. The molecule has 17 heavy (non-hydrogen) atoms. The molecule has 2 rings (SSSR count). The first-order chi connectivity index (χ1) is 8.19. The molecule has 2 heterocycles. The van der Waals surface area contributed by atoms with Gasteiger partial charge in [0, 0.05) is 18.3 Å². The van der Waals surface area contributed by atoms with E-state index < -0.39 is 0 Å². The van der Waals surface area contributed by atoms with Crippen LogP contribution in [0.2, 0.25) is 0 Å². The first-order valence-electron chi connectivity index (χ1n) is 5.24. The number of nitrogens with one attached hydrogen (secondary N) is 1. The lowest BCUT2D eigenvalue weighted by molar-refractivity contribution is 0.963. The van der Waals surface area contributed by atoms with Crippen LogP contribution in [0.1, 0.15) is 17.5 Å². The van der Waals surface area contributed by atoms with Crippen LogP contribution in [0, 0.1) is 13.8 Å². The van der Waals surface area contributed by atoms with Crippen molar-refractivity contribution >= 4 is 29.0 Å². The fourth-order valence-corrected chi connectivity index (χ4v) is 2.95. The number of aryl methyl sites for hydroxylation is 2. The molecule has 0 spiro atoms. The summed E-state index contributed by atoms with van der Waals surface area (Å²) >= 11 is 3.10. The first-order valence-corrected chi connectivity index (χ1v) is 6.88. The molecule has 0 radical (unpaired) electrons. The molecular weight excluding hydrogens is 254 g/mol. The molecule has 5 nitrogen and oxygen atoms in total. The van der Waals surface area contributed by atoms with E-state index in [4.69, 9.17) is 0 Å². The van der Waals surface area contributed by atoms with Crippen molar-refractivity contribution in [2.45, 2.75) is 30.1 Å². The van der Waals surface area contributed by atoms with Crippen molar-refractivity contribution in [3.05, 3.63) is 16.8 Å². The van der Waals surface area contributed by atoms with Gasteiger partial charge in [-0.15, -0.1) is 10.2 Å². The molecule has 7 heteroatoms. The number of hydrogen-bond acceptors (Lipinski definition) is 7. The Labute approximate surface area is 108 Å². The Hall–Kier alpha value is -1.21. The van der Waals surface area contributed by atoms with Gasteiger partial charge in [-0.1, -0.05) is 11.3 Å². The maximum Gasteiger partial charge on any atom is 0.223 e. The molecule has 90 valence electrons. The third-order valence-corrected chi connectivity index (χ3v) is 3.95. The lowest BCUT2D eigenvalue weighted by atomic mass is 10.4. The molecule has 0 bridgehead atoms.